The van der Waals surface area contributed by atoms with E-state index in [-0.39, 0.29) is 11.4 Å². The van der Waals surface area contributed by atoms with E-state index >= 15 is 0 Å². The molecule has 3 heteroatoms. The molecule has 1 unspecified atom stereocenters. The van der Waals surface area contributed by atoms with Crippen LogP contribution in [-0.4, -0.2) is 5.54 Å². The highest BCUT2D eigenvalue weighted by atomic mass is 35.5. The maximum absolute atomic E-state index is 13.7. The maximum Gasteiger partial charge on any atom is 0.127 e. The van der Waals surface area contributed by atoms with E-state index in [0.717, 1.165) is 25.7 Å². The molecule has 0 bridgehead atoms. The molecule has 0 aliphatic heterocycles. The van der Waals surface area contributed by atoms with Gasteiger partial charge >= 0.3 is 0 Å². The van der Waals surface area contributed by atoms with Crippen molar-refractivity contribution in [3.8, 4) is 0 Å². The van der Waals surface area contributed by atoms with Crippen LogP contribution in [0, 0.1) is 5.82 Å². The summed E-state index contributed by atoms with van der Waals surface area (Å²) >= 11 is 6.03. The standard InChI is InChI=1S/C14H21ClFN/c1-3-5-9-14(17,4-2)10-11-12(15)7-6-8-13(11)16/h6-8H,3-5,9-10,17H2,1-2H3. The molecule has 0 aliphatic rings. The number of halogens is 2. The van der Waals surface area contributed by atoms with E-state index in [1.54, 1.807) is 12.1 Å². The summed E-state index contributed by atoms with van der Waals surface area (Å²) in [7, 11) is 0. The molecule has 0 saturated carbocycles. The van der Waals surface area contributed by atoms with Crippen molar-refractivity contribution < 1.29 is 4.39 Å². The molecule has 0 fully saturated rings. The minimum absolute atomic E-state index is 0.253. The molecule has 1 aromatic carbocycles. The first-order valence-corrected chi connectivity index (χ1v) is 6.62. The zero-order valence-corrected chi connectivity index (χ0v) is 11.4. The second-order valence-corrected chi connectivity index (χ2v) is 5.10. The van der Waals surface area contributed by atoms with E-state index in [1.165, 1.54) is 6.07 Å². The van der Waals surface area contributed by atoms with Gasteiger partial charge in [0.1, 0.15) is 5.82 Å². The topological polar surface area (TPSA) is 26.0 Å². The summed E-state index contributed by atoms with van der Waals surface area (Å²) in [5, 5.41) is 0.477. The average Bonchev–Trinajstić information content (AvgIpc) is 2.32. The summed E-state index contributed by atoms with van der Waals surface area (Å²) in [6, 6.07) is 4.78. The number of nitrogens with two attached hydrogens (primary N) is 1. The number of unbranched alkanes of at least 4 members (excludes halogenated alkanes) is 1. The molecule has 17 heavy (non-hydrogen) atoms. The molecule has 0 aliphatic carbocycles. The molecule has 1 aromatic rings. The second kappa shape index (κ2) is 6.36. The minimum Gasteiger partial charge on any atom is -0.325 e. The lowest BCUT2D eigenvalue weighted by molar-refractivity contribution is 0.360. The minimum atomic E-state index is -0.345. The Morgan fingerprint density at radius 3 is 2.59 bits per heavy atom. The highest BCUT2D eigenvalue weighted by molar-refractivity contribution is 6.31. The van der Waals surface area contributed by atoms with Crippen LogP contribution in [0.4, 0.5) is 4.39 Å². The van der Waals surface area contributed by atoms with Crippen LogP contribution in [0.25, 0.3) is 0 Å². The van der Waals surface area contributed by atoms with Crippen molar-refractivity contribution in [2.45, 2.75) is 51.5 Å². The Morgan fingerprint density at radius 2 is 2.06 bits per heavy atom. The van der Waals surface area contributed by atoms with Gasteiger partial charge in [-0.15, -0.1) is 0 Å². The predicted molar refractivity (Wildman–Crippen MR) is 71.8 cm³/mol. The lowest BCUT2D eigenvalue weighted by Gasteiger charge is -2.29. The summed E-state index contributed by atoms with van der Waals surface area (Å²) in [5.41, 5.74) is 6.53. The van der Waals surface area contributed by atoms with Crippen LogP contribution in [0.3, 0.4) is 0 Å². The molecule has 1 rings (SSSR count). The first kappa shape index (κ1) is 14.5. The lowest BCUT2D eigenvalue weighted by Crippen LogP contribution is -2.41. The third-order valence-corrected chi connectivity index (χ3v) is 3.68. The molecule has 2 N–H and O–H groups in total. The van der Waals surface area contributed by atoms with Crippen molar-refractivity contribution in [2.75, 3.05) is 0 Å². The van der Waals surface area contributed by atoms with Crippen molar-refractivity contribution in [1.29, 1.82) is 0 Å². The van der Waals surface area contributed by atoms with Crippen LogP contribution in [0.1, 0.15) is 45.1 Å². The molecular formula is C14H21ClFN. The van der Waals surface area contributed by atoms with Gasteiger partial charge in [-0.05, 0) is 31.4 Å². The Kier molecular flexibility index (Phi) is 5.41. The largest absolute Gasteiger partial charge is 0.325 e. The van der Waals surface area contributed by atoms with Crippen LogP contribution < -0.4 is 5.73 Å². The van der Waals surface area contributed by atoms with Gasteiger partial charge in [-0.25, -0.2) is 4.39 Å². The Hall–Kier alpha value is -0.600. The monoisotopic (exact) mass is 257 g/mol. The van der Waals surface area contributed by atoms with Crippen molar-refractivity contribution in [1.82, 2.24) is 0 Å². The SMILES string of the molecule is CCCCC(N)(CC)Cc1c(F)cccc1Cl. The van der Waals surface area contributed by atoms with Crippen LogP contribution in [0.2, 0.25) is 5.02 Å². The molecule has 0 spiro atoms. The van der Waals surface area contributed by atoms with Crippen molar-refractivity contribution in [3.63, 3.8) is 0 Å². The Labute approximate surface area is 108 Å². The molecule has 96 valence electrons. The molecular weight excluding hydrogens is 237 g/mol. The third-order valence-electron chi connectivity index (χ3n) is 3.32. The van der Waals surface area contributed by atoms with Crippen molar-refractivity contribution in [3.05, 3.63) is 34.6 Å². The molecule has 0 aromatic heterocycles. The fraction of sp³-hybridized carbons (Fsp3) is 0.571. The molecule has 0 heterocycles. The number of hydrogen-bond acceptors (Lipinski definition) is 1. The van der Waals surface area contributed by atoms with E-state index in [4.69, 9.17) is 17.3 Å². The van der Waals surface area contributed by atoms with Crippen LogP contribution >= 0.6 is 11.6 Å². The Bertz CT molecular complexity index is 347. The van der Waals surface area contributed by atoms with E-state index in [9.17, 15) is 4.39 Å². The summed E-state index contributed by atoms with van der Waals surface area (Å²) in [6.45, 7) is 4.18. The van der Waals surface area contributed by atoms with Gasteiger partial charge in [0.25, 0.3) is 0 Å². The van der Waals surface area contributed by atoms with Crippen LogP contribution in [-0.2, 0) is 6.42 Å². The van der Waals surface area contributed by atoms with Gasteiger partial charge < -0.3 is 5.73 Å². The van der Waals surface area contributed by atoms with Crippen molar-refractivity contribution in [2.24, 2.45) is 5.73 Å². The van der Waals surface area contributed by atoms with E-state index in [0.29, 0.717) is 17.0 Å². The molecule has 1 nitrogen and oxygen atoms in total. The first-order chi connectivity index (χ1) is 8.02. The summed E-state index contributed by atoms with van der Waals surface area (Å²) in [6.07, 6.45) is 4.41. The Balaban J connectivity index is 2.86. The fourth-order valence-electron chi connectivity index (χ4n) is 1.97. The predicted octanol–water partition coefficient (Wildman–Crippen LogP) is 4.32. The van der Waals surface area contributed by atoms with E-state index < -0.39 is 0 Å². The molecule has 0 amide bonds. The van der Waals surface area contributed by atoms with E-state index in [2.05, 4.69) is 6.92 Å². The lowest BCUT2D eigenvalue weighted by atomic mass is 9.84. The van der Waals surface area contributed by atoms with Gasteiger partial charge in [0.15, 0.2) is 0 Å². The third kappa shape index (κ3) is 3.97. The number of hydrogen-bond donors (Lipinski definition) is 1. The molecule has 0 radical (unpaired) electrons. The highest BCUT2D eigenvalue weighted by Crippen LogP contribution is 2.27. The number of rotatable bonds is 6. The molecule has 0 saturated heterocycles. The quantitative estimate of drug-likeness (QED) is 0.807. The highest BCUT2D eigenvalue weighted by Gasteiger charge is 2.25. The van der Waals surface area contributed by atoms with E-state index in [1.807, 2.05) is 6.92 Å². The smallest absolute Gasteiger partial charge is 0.127 e. The molecule has 1 atom stereocenters. The van der Waals surface area contributed by atoms with Gasteiger partial charge in [-0.2, -0.15) is 0 Å². The van der Waals surface area contributed by atoms with Crippen LogP contribution in [0.15, 0.2) is 18.2 Å². The summed E-state index contributed by atoms with van der Waals surface area (Å²) < 4.78 is 13.7. The summed E-state index contributed by atoms with van der Waals surface area (Å²) in [5.74, 6) is -0.253. The van der Waals surface area contributed by atoms with Gasteiger partial charge in [0.2, 0.25) is 0 Å². The maximum atomic E-state index is 13.7. The first-order valence-electron chi connectivity index (χ1n) is 6.24. The van der Waals surface area contributed by atoms with Crippen LogP contribution in [0.5, 0.6) is 0 Å². The summed E-state index contributed by atoms with van der Waals surface area (Å²) in [4.78, 5) is 0. The van der Waals surface area contributed by atoms with Gasteiger partial charge in [-0.3, -0.25) is 0 Å². The zero-order chi connectivity index (χ0) is 12.9. The van der Waals surface area contributed by atoms with Gasteiger partial charge in [0.05, 0.1) is 0 Å². The zero-order valence-electron chi connectivity index (χ0n) is 10.6. The second-order valence-electron chi connectivity index (χ2n) is 4.70. The van der Waals surface area contributed by atoms with Gasteiger partial charge in [0, 0.05) is 16.1 Å². The Morgan fingerprint density at radius 1 is 1.35 bits per heavy atom. The van der Waals surface area contributed by atoms with Crippen molar-refractivity contribution >= 4 is 11.6 Å². The fourth-order valence-corrected chi connectivity index (χ4v) is 2.20. The average molecular weight is 258 g/mol. The normalized spacial score (nSPS) is 14.6. The number of benzene rings is 1. The van der Waals surface area contributed by atoms with Gasteiger partial charge in [-0.1, -0.05) is 44.4 Å².